The van der Waals surface area contributed by atoms with Gasteiger partial charge in [0.25, 0.3) is 0 Å². The number of ether oxygens (including phenoxy) is 1. The number of fused-ring (bicyclic) bond motifs is 1. The molecule has 0 radical (unpaired) electrons. The van der Waals surface area contributed by atoms with Gasteiger partial charge in [0.1, 0.15) is 17.4 Å². The first-order valence-corrected chi connectivity index (χ1v) is 9.02. The maximum Gasteiger partial charge on any atom is 0.227 e. The number of nitrogens with zero attached hydrogens (tertiary/aromatic N) is 1. The average molecular weight is 328 g/mol. The first kappa shape index (κ1) is 14.7. The number of amides is 1. The van der Waals surface area contributed by atoms with Crippen molar-refractivity contribution in [1.82, 2.24) is 10.3 Å². The first-order chi connectivity index (χ1) is 11.2. The number of hydrogen-bond acceptors (Lipinski definition) is 4. The van der Waals surface area contributed by atoms with E-state index in [-0.39, 0.29) is 17.9 Å². The van der Waals surface area contributed by atoms with Gasteiger partial charge in [0.15, 0.2) is 0 Å². The Balaban J connectivity index is 1.47. The molecule has 1 aromatic heterocycles. The summed E-state index contributed by atoms with van der Waals surface area (Å²) >= 11 is 1.65. The average Bonchev–Trinajstić information content (AvgIpc) is 3.33. The highest BCUT2D eigenvalue weighted by Gasteiger charge is 2.37. The molecule has 1 N–H and O–H groups in total. The van der Waals surface area contributed by atoms with Gasteiger partial charge in [0, 0.05) is 11.1 Å². The second-order valence-corrected chi connectivity index (χ2v) is 7.36. The molecule has 0 spiro atoms. The molecule has 0 unspecified atom stereocenters. The summed E-state index contributed by atoms with van der Waals surface area (Å²) in [6, 6.07) is 8.03. The van der Waals surface area contributed by atoms with Crippen molar-refractivity contribution < 1.29 is 9.53 Å². The van der Waals surface area contributed by atoms with E-state index in [1.165, 1.54) is 12.8 Å². The van der Waals surface area contributed by atoms with Crippen molar-refractivity contribution in [3.8, 4) is 5.75 Å². The van der Waals surface area contributed by atoms with Crippen molar-refractivity contribution in [2.24, 2.45) is 11.8 Å². The number of rotatable bonds is 4. The largest absolute Gasteiger partial charge is 0.492 e. The van der Waals surface area contributed by atoms with Gasteiger partial charge in [-0.15, -0.1) is 11.3 Å². The standard InChI is InChI=1S/C18H20N2O2S/c1-11-10-23-18(19-11)16(12-6-7-12)20-17(21)14-8-13-4-2-3-5-15(13)22-9-14/h2-5,10,12,14,16H,6-9H2,1H3,(H,20,21)/t14-,16-/m1/s1. The van der Waals surface area contributed by atoms with E-state index < -0.39 is 0 Å². The third-order valence-electron chi connectivity index (χ3n) is 4.54. The highest BCUT2D eigenvalue weighted by Crippen LogP contribution is 2.42. The molecule has 1 amide bonds. The molecule has 4 rings (SSSR count). The number of nitrogens with one attached hydrogen (secondary N) is 1. The third-order valence-corrected chi connectivity index (χ3v) is 5.59. The van der Waals surface area contributed by atoms with Gasteiger partial charge in [-0.3, -0.25) is 4.79 Å². The molecule has 23 heavy (non-hydrogen) atoms. The molecule has 120 valence electrons. The van der Waals surface area contributed by atoms with Crippen molar-refractivity contribution in [1.29, 1.82) is 0 Å². The fourth-order valence-electron chi connectivity index (χ4n) is 3.09. The van der Waals surface area contributed by atoms with Crippen LogP contribution in [0.5, 0.6) is 5.75 Å². The first-order valence-electron chi connectivity index (χ1n) is 8.14. The summed E-state index contributed by atoms with van der Waals surface area (Å²) in [5, 5.41) is 6.33. The van der Waals surface area contributed by atoms with Crippen LogP contribution in [0.4, 0.5) is 0 Å². The lowest BCUT2D eigenvalue weighted by molar-refractivity contribution is -0.127. The Morgan fingerprint density at radius 1 is 1.39 bits per heavy atom. The van der Waals surface area contributed by atoms with Gasteiger partial charge in [-0.25, -0.2) is 4.98 Å². The summed E-state index contributed by atoms with van der Waals surface area (Å²) in [5.74, 6) is 1.42. The molecule has 0 bridgehead atoms. The highest BCUT2D eigenvalue weighted by molar-refractivity contribution is 7.09. The zero-order chi connectivity index (χ0) is 15.8. The van der Waals surface area contributed by atoms with Crippen molar-refractivity contribution >= 4 is 17.2 Å². The third kappa shape index (κ3) is 3.11. The van der Waals surface area contributed by atoms with Crippen LogP contribution >= 0.6 is 11.3 Å². The summed E-state index contributed by atoms with van der Waals surface area (Å²) in [7, 11) is 0. The van der Waals surface area contributed by atoms with Crippen LogP contribution in [0.2, 0.25) is 0 Å². The van der Waals surface area contributed by atoms with Gasteiger partial charge in [0.2, 0.25) is 5.91 Å². The molecule has 1 aromatic carbocycles. The maximum absolute atomic E-state index is 12.7. The van der Waals surface area contributed by atoms with Crippen LogP contribution in [0, 0.1) is 18.8 Å². The predicted molar refractivity (Wildman–Crippen MR) is 89.6 cm³/mol. The Labute approximate surface area is 139 Å². The van der Waals surface area contributed by atoms with Gasteiger partial charge in [0.05, 0.1) is 12.0 Å². The number of carbonyl (C=O) groups excluding carboxylic acids is 1. The smallest absolute Gasteiger partial charge is 0.227 e. The predicted octanol–water partition coefficient (Wildman–Crippen LogP) is 3.27. The number of benzene rings is 1. The van der Waals surface area contributed by atoms with Crippen LogP contribution in [0.25, 0.3) is 0 Å². The number of thiazole rings is 1. The maximum atomic E-state index is 12.7. The zero-order valence-corrected chi connectivity index (χ0v) is 13.9. The highest BCUT2D eigenvalue weighted by atomic mass is 32.1. The lowest BCUT2D eigenvalue weighted by Gasteiger charge is -2.26. The molecule has 2 atom stereocenters. The normalized spacial score (nSPS) is 21.2. The molecule has 2 heterocycles. The molecule has 2 aromatic rings. The minimum atomic E-state index is -0.118. The molecule has 1 aliphatic heterocycles. The van der Waals surface area contributed by atoms with E-state index in [1.807, 2.05) is 31.2 Å². The van der Waals surface area contributed by atoms with Crippen molar-refractivity contribution in [3.05, 3.63) is 45.9 Å². The van der Waals surface area contributed by atoms with Gasteiger partial charge in [-0.2, -0.15) is 0 Å². The summed E-state index contributed by atoms with van der Waals surface area (Å²) in [6.07, 6.45) is 3.09. The molecule has 2 aliphatic rings. The van der Waals surface area contributed by atoms with Gasteiger partial charge >= 0.3 is 0 Å². The van der Waals surface area contributed by atoms with Crippen LogP contribution in [0.1, 0.15) is 35.1 Å². The molecule has 1 aliphatic carbocycles. The molecule has 1 fully saturated rings. The van der Waals surface area contributed by atoms with Crippen LogP contribution in [-0.4, -0.2) is 17.5 Å². The summed E-state index contributed by atoms with van der Waals surface area (Å²) in [5.41, 5.74) is 2.15. The molecule has 1 saturated carbocycles. The number of carbonyl (C=O) groups is 1. The topological polar surface area (TPSA) is 51.2 Å². The molecule has 4 nitrogen and oxygen atoms in total. The van der Waals surface area contributed by atoms with Crippen LogP contribution in [0.15, 0.2) is 29.6 Å². The van der Waals surface area contributed by atoms with Crippen LogP contribution < -0.4 is 10.1 Å². The molecule has 5 heteroatoms. The minimum absolute atomic E-state index is 0.0679. The van der Waals surface area contributed by atoms with Crippen LogP contribution in [-0.2, 0) is 11.2 Å². The van der Waals surface area contributed by atoms with E-state index in [0.717, 1.165) is 28.4 Å². The monoisotopic (exact) mass is 328 g/mol. The Hall–Kier alpha value is -1.88. The lowest BCUT2D eigenvalue weighted by atomic mass is 9.95. The SMILES string of the molecule is Cc1csc([C@H](NC(=O)[C@H]2COc3ccccc3C2)C2CC2)n1. The summed E-state index contributed by atoms with van der Waals surface area (Å²) in [6.45, 7) is 2.45. The van der Waals surface area contributed by atoms with E-state index in [1.54, 1.807) is 11.3 Å². The summed E-state index contributed by atoms with van der Waals surface area (Å²) < 4.78 is 5.75. The Morgan fingerprint density at radius 2 is 2.22 bits per heavy atom. The quantitative estimate of drug-likeness (QED) is 0.937. The summed E-state index contributed by atoms with van der Waals surface area (Å²) in [4.78, 5) is 17.3. The number of aromatic nitrogens is 1. The Bertz CT molecular complexity index is 723. The van der Waals surface area contributed by atoms with Crippen LogP contribution in [0.3, 0.4) is 0 Å². The lowest BCUT2D eigenvalue weighted by Crippen LogP contribution is -2.39. The van der Waals surface area contributed by atoms with E-state index in [0.29, 0.717) is 12.5 Å². The van der Waals surface area contributed by atoms with Crippen molar-refractivity contribution in [2.45, 2.75) is 32.2 Å². The van der Waals surface area contributed by atoms with E-state index in [2.05, 4.69) is 15.7 Å². The number of aryl methyl sites for hydroxylation is 1. The molecular formula is C18H20N2O2S. The van der Waals surface area contributed by atoms with Gasteiger partial charge in [-0.05, 0) is 43.7 Å². The number of para-hydroxylation sites is 1. The van der Waals surface area contributed by atoms with Gasteiger partial charge < -0.3 is 10.1 Å². The van der Waals surface area contributed by atoms with E-state index in [9.17, 15) is 4.79 Å². The second kappa shape index (κ2) is 5.96. The fourth-order valence-corrected chi connectivity index (χ4v) is 4.03. The Kier molecular flexibility index (Phi) is 3.81. The fraction of sp³-hybridized carbons (Fsp3) is 0.444. The molecular weight excluding hydrogens is 308 g/mol. The molecule has 0 saturated heterocycles. The van der Waals surface area contributed by atoms with Crippen molar-refractivity contribution in [2.75, 3.05) is 6.61 Å². The van der Waals surface area contributed by atoms with Gasteiger partial charge in [-0.1, -0.05) is 18.2 Å². The number of hydrogen-bond donors (Lipinski definition) is 1. The van der Waals surface area contributed by atoms with E-state index >= 15 is 0 Å². The van der Waals surface area contributed by atoms with E-state index in [4.69, 9.17) is 4.74 Å². The minimum Gasteiger partial charge on any atom is -0.492 e. The second-order valence-electron chi connectivity index (χ2n) is 6.47. The van der Waals surface area contributed by atoms with Crippen molar-refractivity contribution in [3.63, 3.8) is 0 Å². The Morgan fingerprint density at radius 3 is 2.96 bits per heavy atom. The zero-order valence-electron chi connectivity index (χ0n) is 13.1.